The van der Waals surface area contributed by atoms with E-state index in [-0.39, 0.29) is 26.6 Å². The Kier molecular flexibility index (Phi) is 7.07. The van der Waals surface area contributed by atoms with Gasteiger partial charge in [0.2, 0.25) is 5.91 Å². The molecule has 2 aliphatic rings. The molecule has 2 amide bonds. The molecular weight excluding hydrogens is 492 g/mol. The molecular formula is C23H30N4O6S2. The van der Waals surface area contributed by atoms with E-state index in [2.05, 4.69) is 10.3 Å². The van der Waals surface area contributed by atoms with Crippen LogP contribution in [0.3, 0.4) is 0 Å². The molecule has 10 nitrogen and oxygen atoms in total. The number of aromatic nitrogens is 1. The van der Waals surface area contributed by atoms with E-state index < -0.39 is 10.0 Å². The van der Waals surface area contributed by atoms with Crippen molar-refractivity contribution in [3.8, 4) is 11.5 Å². The summed E-state index contributed by atoms with van der Waals surface area (Å²) in [6, 6.07) is 5.15. The zero-order valence-corrected chi connectivity index (χ0v) is 21.9. The Morgan fingerprint density at radius 2 is 1.80 bits per heavy atom. The van der Waals surface area contributed by atoms with Crippen molar-refractivity contribution in [2.24, 2.45) is 5.41 Å². The second-order valence-corrected chi connectivity index (χ2v) is 12.2. The van der Waals surface area contributed by atoms with Crippen molar-refractivity contribution in [3.05, 3.63) is 29.5 Å². The molecule has 1 aromatic heterocycles. The summed E-state index contributed by atoms with van der Waals surface area (Å²) >= 11 is 0.977. The Morgan fingerprint density at radius 3 is 2.43 bits per heavy atom. The number of sulfonamides is 1. The van der Waals surface area contributed by atoms with Crippen LogP contribution in [0.25, 0.3) is 0 Å². The van der Waals surface area contributed by atoms with Gasteiger partial charge in [0.25, 0.3) is 15.9 Å². The Hall–Kier alpha value is -2.70. The predicted octanol–water partition coefficient (Wildman–Crippen LogP) is 2.74. The molecule has 1 N–H and O–H groups in total. The first-order valence-corrected chi connectivity index (χ1v) is 13.6. The molecule has 0 unspecified atom stereocenters. The van der Waals surface area contributed by atoms with E-state index in [0.29, 0.717) is 48.9 Å². The van der Waals surface area contributed by atoms with Gasteiger partial charge in [-0.1, -0.05) is 11.3 Å². The maximum absolute atomic E-state index is 13.4. The van der Waals surface area contributed by atoms with Crippen molar-refractivity contribution in [1.29, 1.82) is 0 Å². The fourth-order valence-electron chi connectivity index (χ4n) is 4.79. The molecule has 12 heteroatoms. The number of carbonyl (C=O) groups excluding carboxylic acids is 2. The van der Waals surface area contributed by atoms with Gasteiger partial charge >= 0.3 is 0 Å². The minimum Gasteiger partial charge on any atom is -0.497 e. The quantitative estimate of drug-likeness (QED) is 0.620. The Labute approximate surface area is 209 Å². The third-order valence-corrected chi connectivity index (χ3v) is 10.3. The van der Waals surface area contributed by atoms with Crippen molar-refractivity contribution in [1.82, 2.24) is 14.2 Å². The normalized spacial score (nSPS) is 18.0. The predicted molar refractivity (Wildman–Crippen MR) is 132 cm³/mol. The summed E-state index contributed by atoms with van der Waals surface area (Å²) in [6.07, 6.45) is 2.18. The Bertz CT molecular complexity index is 1230. The molecule has 4 rings (SSSR count). The molecule has 0 atom stereocenters. The van der Waals surface area contributed by atoms with Crippen molar-refractivity contribution >= 4 is 38.3 Å². The largest absolute Gasteiger partial charge is 0.497 e. The summed E-state index contributed by atoms with van der Waals surface area (Å²) < 4.78 is 39.0. The molecule has 1 spiro atoms. The van der Waals surface area contributed by atoms with Gasteiger partial charge in [-0.2, -0.15) is 4.31 Å². The highest BCUT2D eigenvalue weighted by Crippen LogP contribution is 2.43. The number of methoxy groups -OCH3 is 2. The standard InChI is InChI=1S/C23H30N4O6S2/c1-15-21(34-22(24-15)25-16(2)28)35(30,31)27-12-9-23(14-27)7-10-26(11-8-23)20(29)18-13-17(32-3)5-6-19(18)33-4/h5-6,13H,7-12,14H2,1-4H3,(H,24,25,28). The van der Waals surface area contributed by atoms with Gasteiger partial charge in [0.05, 0.1) is 25.5 Å². The number of nitrogens with one attached hydrogen (secondary N) is 1. The zero-order chi connectivity index (χ0) is 25.4. The second kappa shape index (κ2) is 9.75. The van der Waals surface area contributed by atoms with Crippen molar-refractivity contribution < 1.29 is 27.5 Å². The van der Waals surface area contributed by atoms with E-state index >= 15 is 0 Å². The molecule has 190 valence electrons. The second-order valence-electron chi connectivity index (χ2n) is 9.02. The molecule has 2 saturated heterocycles. The smallest absolute Gasteiger partial charge is 0.257 e. The van der Waals surface area contributed by atoms with E-state index in [1.807, 2.05) is 0 Å². The number of hydrogen-bond acceptors (Lipinski definition) is 8. The van der Waals surface area contributed by atoms with Gasteiger partial charge in [0.1, 0.15) is 11.5 Å². The lowest BCUT2D eigenvalue weighted by molar-refractivity contribution is -0.114. The fraction of sp³-hybridized carbons (Fsp3) is 0.522. The summed E-state index contributed by atoms with van der Waals surface area (Å²) in [5.41, 5.74) is 0.669. The number of hydrogen-bond donors (Lipinski definition) is 1. The van der Waals surface area contributed by atoms with Crippen molar-refractivity contribution in [2.45, 2.75) is 37.3 Å². The van der Waals surface area contributed by atoms with Crippen LogP contribution in [0.4, 0.5) is 5.13 Å². The van der Waals surface area contributed by atoms with Crippen LogP contribution in [-0.4, -0.2) is 74.8 Å². The lowest BCUT2D eigenvalue weighted by Gasteiger charge is -2.39. The molecule has 35 heavy (non-hydrogen) atoms. The summed E-state index contributed by atoms with van der Waals surface area (Å²) in [5, 5.41) is 2.84. The summed E-state index contributed by atoms with van der Waals surface area (Å²) in [7, 11) is -0.642. The number of nitrogens with zero attached hydrogens (tertiary/aromatic N) is 3. The van der Waals surface area contributed by atoms with Gasteiger partial charge in [0.15, 0.2) is 9.34 Å². The molecule has 2 fully saturated rings. The number of thiazole rings is 1. The number of piperidine rings is 1. The van der Waals surface area contributed by atoms with E-state index in [1.165, 1.54) is 18.3 Å². The minimum absolute atomic E-state index is 0.121. The zero-order valence-electron chi connectivity index (χ0n) is 20.3. The number of ether oxygens (including phenoxy) is 2. The number of aryl methyl sites for hydroxylation is 1. The lowest BCUT2D eigenvalue weighted by Crippen LogP contribution is -2.44. The topological polar surface area (TPSA) is 118 Å². The molecule has 0 bridgehead atoms. The average molecular weight is 523 g/mol. The van der Waals surface area contributed by atoms with Crippen LogP contribution < -0.4 is 14.8 Å². The average Bonchev–Trinajstić information content (AvgIpc) is 3.42. The van der Waals surface area contributed by atoms with Crippen LogP contribution in [-0.2, 0) is 14.8 Å². The third kappa shape index (κ3) is 5.00. The van der Waals surface area contributed by atoms with E-state index in [1.54, 1.807) is 37.1 Å². The SMILES string of the molecule is COc1ccc(OC)c(C(=O)N2CCC3(CC2)CCN(S(=O)(=O)c2sc(NC(C)=O)nc2C)C3)c1. The van der Waals surface area contributed by atoms with E-state index in [0.717, 1.165) is 30.6 Å². The molecule has 2 aromatic rings. The molecule has 0 radical (unpaired) electrons. The third-order valence-electron chi connectivity index (χ3n) is 6.76. The lowest BCUT2D eigenvalue weighted by atomic mass is 9.78. The first-order valence-electron chi connectivity index (χ1n) is 11.3. The van der Waals surface area contributed by atoms with Gasteiger partial charge in [0, 0.05) is 33.1 Å². The van der Waals surface area contributed by atoms with Crippen LogP contribution in [0.15, 0.2) is 22.4 Å². The molecule has 0 aliphatic carbocycles. The molecule has 1 aromatic carbocycles. The maximum Gasteiger partial charge on any atom is 0.257 e. The van der Waals surface area contributed by atoms with Gasteiger partial charge in [-0.05, 0) is 49.8 Å². The molecule has 0 saturated carbocycles. The summed E-state index contributed by atoms with van der Waals surface area (Å²) in [5.74, 6) is 0.659. The maximum atomic E-state index is 13.4. The van der Waals surface area contributed by atoms with E-state index in [9.17, 15) is 18.0 Å². The van der Waals surface area contributed by atoms with Crippen LogP contribution >= 0.6 is 11.3 Å². The number of carbonyl (C=O) groups is 2. The Morgan fingerprint density at radius 1 is 1.11 bits per heavy atom. The highest BCUT2D eigenvalue weighted by Gasteiger charge is 2.46. The molecule has 3 heterocycles. The van der Waals surface area contributed by atoms with Gasteiger partial charge in [-0.25, -0.2) is 13.4 Å². The minimum atomic E-state index is -3.72. The number of anilines is 1. The first-order chi connectivity index (χ1) is 16.6. The molecule has 2 aliphatic heterocycles. The van der Waals surface area contributed by atoms with Crippen LogP contribution in [0.2, 0.25) is 0 Å². The summed E-state index contributed by atoms with van der Waals surface area (Å²) in [6.45, 7) is 4.91. The number of likely N-dealkylation sites (tertiary alicyclic amines) is 1. The van der Waals surface area contributed by atoms with Crippen LogP contribution in [0.5, 0.6) is 11.5 Å². The van der Waals surface area contributed by atoms with Gasteiger partial charge in [-0.3, -0.25) is 9.59 Å². The number of benzene rings is 1. The monoisotopic (exact) mass is 522 g/mol. The summed E-state index contributed by atoms with van der Waals surface area (Å²) in [4.78, 5) is 30.5. The number of amides is 2. The number of rotatable bonds is 6. The van der Waals surface area contributed by atoms with Crippen LogP contribution in [0.1, 0.15) is 42.2 Å². The highest BCUT2D eigenvalue weighted by atomic mass is 32.2. The fourth-order valence-corrected chi connectivity index (χ4v) is 7.94. The van der Waals surface area contributed by atoms with Gasteiger partial charge in [-0.15, -0.1) is 0 Å². The van der Waals surface area contributed by atoms with E-state index in [4.69, 9.17) is 9.47 Å². The van der Waals surface area contributed by atoms with Crippen molar-refractivity contribution in [2.75, 3.05) is 45.7 Å². The first kappa shape index (κ1) is 25.4. The van der Waals surface area contributed by atoms with Crippen molar-refractivity contribution in [3.63, 3.8) is 0 Å². The van der Waals surface area contributed by atoms with Crippen LogP contribution in [0, 0.1) is 12.3 Å². The Balaban J connectivity index is 1.44. The highest BCUT2D eigenvalue weighted by molar-refractivity contribution is 7.91. The van der Waals surface area contributed by atoms with Gasteiger partial charge < -0.3 is 19.7 Å².